The smallest absolute Gasteiger partial charge is 0.0383 e. The molecule has 4 unspecified atom stereocenters. The van der Waals surface area contributed by atoms with Crippen LogP contribution >= 0.6 is 0 Å². The molecule has 2 aliphatic carbocycles. The minimum Gasteiger partial charge on any atom is -0.0654 e. The van der Waals surface area contributed by atoms with Crippen LogP contribution in [0.2, 0.25) is 0 Å². The largest absolute Gasteiger partial charge is 0.0654 e. The van der Waals surface area contributed by atoms with Crippen molar-refractivity contribution in [2.24, 2.45) is 23.7 Å². The van der Waals surface area contributed by atoms with Crippen LogP contribution in [0.4, 0.5) is 0 Å². The van der Waals surface area contributed by atoms with Crippen LogP contribution in [-0.2, 0) is 0 Å². The Morgan fingerprint density at radius 1 is 0.600 bits per heavy atom. The maximum atomic E-state index is 2.36. The van der Waals surface area contributed by atoms with Gasteiger partial charge < -0.3 is 0 Å². The number of unbranched alkanes of at least 4 members (excludes halogenated alkanes) is 4. The number of hydrogen-bond donors (Lipinski definition) is 0. The van der Waals surface area contributed by atoms with Crippen LogP contribution in [0.5, 0.6) is 0 Å². The highest BCUT2D eigenvalue weighted by molar-refractivity contribution is 4.86. The SMILES string of the molecule is CCCCCCCC1CCC2CC(CCC)CCC2C1. The van der Waals surface area contributed by atoms with Crippen molar-refractivity contribution in [1.82, 2.24) is 0 Å². The zero-order valence-electron chi connectivity index (χ0n) is 14.2. The number of hydrogen-bond acceptors (Lipinski definition) is 0. The molecule has 0 aliphatic heterocycles. The van der Waals surface area contributed by atoms with Gasteiger partial charge in [0.15, 0.2) is 0 Å². The van der Waals surface area contributed by atoms with Crippen LogP contribution in [-0.4, -0.2) is 0 Å². The highest BCUT2D eigenvalue weighted by Gasteiger charge is 2.34. The van der Waals surface area contributed by atoms with Gasteiger partial charge in [-0.25, -0.2) is 0 Å². The average Bonchev–Trinajstić information content (AvgIpc) is 2.47. The topological polar surface area (TPSA) is 0 Å². The third-order valence-corrected chi connectivity index (χ3v) is 6.24. The van der Waals surface area contributed by atoms with Crippen LogP contribution in [0, 0.1) is 23.7 Å². The van der Waals surface area contributed by atoms with E-state index in [1.54, 1.807) is 44.9 Å². The lowest BCUT2D eigenvalue weighted by Crippen LogP contribution is -2.31. The molecule has 0 saturated heterocycles. The molecule has 0 heterocycles. The molecule has 0 N–H and O–H groups in total. The Morgan fingerprint density at radius 2 is 1.20 bits per heavy atom. The molecule has 2 fully saturated rings. The molecular formula is C20H38. The summed E-state index contributed by atoms with van der Waals surface area (Å²) >= 11 is 0. The molecule has 0 radical (unpaired) electrons. The van der Waals surface area contributed by atoms with Gasteiger partial charge in [0.2, 0.25) is 0 Å². The van der Waals surface area contributed by atoms with Crippen LogP contribution in [0.1, 0.15) is 104 Å². The Kier molecular flexibility index (Phi) is 7.45. The summed E-state index contributed by atoms with van der Waals surface area (Å²) < 4.78 is 0. The monoisotopic (exact) mass is 278 g/mol. The van der Waals surface area contributed by atoms with Gasteiger partial charge in [0.05, 0.1) is 0 Å². The quantitative estimate of drug-likeness (QED) is 0.420. The van der Waals surface area contributed by atoms with Crippen LogP contribution < -0.4 is 0 Å². The van der Waals surface area contributed by atoms with E-state index < -0.39 is 0 Å². The van der Waals surface area contributed by atoms with E-state index in [9.17, 15) is 0 Å². The van der Waals surface area contributed by atoms with E-state index in [0.29, 0.717) is 0 Å². The van der Waals surface area contributed by atoms with Gasteiger partial charge >= 0.3 is 0 Å². The van der Waals surface area contributed by atoms with Crippen molar-refractivity contribution >= 4 is 0 Å². The van der Waals surface area contributed by atoms with E-state index in [2.05, 4.69) is 13.8 Å². The van der Waals surface area contributed by atoms with E-state index in [4.69, 9.17) is 0 Å². The molecule has 2 rings (SSSR count). The highest BCUT2D eigenvalue weighted by Crippen LogP contribution is 2.46. The lowest BCUT2D eigenvalue weighted by molar-refractivity contribution is 0.0911. The van der Waals surface area contributed by atoms with E-state index in [1.165, 1.54) is 44.9 Å². The summed E-state index contributed by atoms with van der Waals surface area (Å²) in [7, 11) is 0. The highest BCUT2D eigenvalue weighted by atomic mass is 14.4. The van der Waals surface area contributed by atoms with Crippen molar-refractivity contribution in [2.75, 3.05) is 0 Å². The van der Waals surface area contributed by atoms with Gasteiger partial charge in [0.25, 0.3) is 0 Å². The molecule has 0 nitrogen and oxygen atoms in total. The van der Waals surface area contributed by atoms with Crippen molar-refractivity contribution in [2.45, 2.75) is 104 Å². The van der Waals surface area contributed by atoms with Gasteiger partial charge in [-0.05, 0) is 49.4 Å². The first-order valence-corrected chi connectivity index (χ1v) is 9.83. The lowest BCUT2D eigenvalue weighted by Gasteiger charge is -2.42. The van der Waals surface area contributed by atoms with Crippen LogP contribution in [0.3, 0.4) is 0 Å². The normalized spacial score (nSPS) is 33.9. The lowest BCUT2D eigenvalue weighted by atomic mass is 9.63. The average molecular weight is 279 g/mol. The molecule has 4 atom stereocenters. The van der Waals surface area contributed by atoms with Crippen molar-refractivity contribution in [3.63, 3.8) is 0 Å². The summed E-state index contributed by atoms with van der Waals surface area (Å²) in [6, 6.07) is 0. The minimum atomic E-state index is 1.09. The third kappa shape index (κ3) is 5.08. The first-order chi connectivity index (χ1) is 9.83. The molecule has 118 valence electrons. The zero-order chi connectivity index (χ0) is 14.2. The summed E-state index contributed by atoms with van der Waals surface area (Å²) in [4.78, 5) is 0. The van der Waals surface area contributed by atoms with Gasteiger partial charge in [-0.15, -0.1) is 0 Å². The van der Waals surface area contributed by atoms with Gasteiger partial charge in [0, 0.05) is 0 Å². The fourth-order valence-corrected chi connectivity index (χ4v) is 5.05. The molecular weight excluding hydrogens is 240 g/mol. The molecule has 20 heavy (non-hydrogen) atoms. The van der Waals surface area contributed by atoms with E-state index in [1.807, 2.05) is 0 Å². The molecule has 0 aromatic heterocycles. The first kappa shape index (κ1) is 16.4. The maximum absolute atomic E-state index is 2.36. The Balaban J connectivity index is 1.62. The number of rotatable bonds is 8. The molecule has 0 aromatic rings. The third-order valence-electron chi connectivity index (χ3n) is 6.24. The van der Waals surface area contributed by atoms with E-state index >= 15 is 0 Å². The Labute approximate surface area is 128 Å². The Bertz CT molecular complexity index is 244. The van der Waals surface area contributed by atoms with E-state index in [0.717, 1.165) is 23.7 Å². The summed E-state index contributed by atoms with van der Waals surface area (Å²) in [5.41, 5.74) is 0. The zero-order valence-corrected chi connectivity index (χ0v) is 14.2. The van der Waals surface area contributed by atoms with Gasteiger partial charge in [-0.2, -0.15) is 0 Å². The van der Waals surface area contributed by atoms with E-state index in [-0.39, 0.29) is 0 Å². The van der Waals surface area contributed by atoms with Crippen molar-refractivity contribution < 1.29 is 0 Å². The fraction of sp³-hybridized carbons (Fsp3) is 1.00. The second-order valence-electron chi connectivity index (χ2n) is 7.87. The molecule has 0 amide bonds. The molecule has 0 heteroatoms. The predicted octanol–water partition coefficient (Wildman–Crippen LogP) is 6.98. The Hall–Kier alpha value is 0. The molecule has 2 saturated carbocycles. The summed E-state index contributed by atoms with van der Waals surface area (Å²) in [5.74, 6) is 4.43. The van der Waals surface area contributed by atoms with Gasteiger partial charge in [-0.1, -0.05) is 78.1 Å². The van der Waals surface area contributed by atoms with Crippen molar-refractivity contribution in [1.29, 1.82) is 0 Å². The summed E-state index contributed by atoms with van der Waals surface area (Å²) in [5, 5.41) is 0. The summed E-state index contributed by atoms with van der Waals surface area (Å²) in [6.07, 6.45) is 21.2. The predicted molar refractivity (Wildman–Crippen MR) is 89.9 cm³/mol. The van der Waals surface area contributed by atoms with Crippen molar-refractivity contribution in [3.8, 4) is 0 Å². The summed E-state index contributed by atoms with van der Waals surface area (Å²) in [6.45, 7) is 4.68. The molecule has 2 aliphatic rings. The van der Waals surface area contributed by atoms with Crippen LogP contribution in [0.25, 0.3) is 0 Å². The number of fused-ring (bicyclic) bond motifs is 1. The molecule has 0 bridgehead atoms. The second-order valence-corrected chi connectivity index (χ2v) is 7.87. The van der Waals surface area contributed by atoms with Crippen molar-refractivity contribution in [3.05, 3.63) is 0 Å². The first-order valence-electron chi connectivity index (χ1n) is 9.83. The second kappa shape index (κ2) is 9.11. The maximum Gasteiger partial charge on any atom is -0.0383 e. The molecule has 0 spiro atoms. The fourth-order valence-electron chi connectivity index (χ4n) is 5.05. The van der Waals surface area contributed by atoms with Crippen LogP contribution in [0.15, 0.2) is 0 Å². The minimum absolute atomic E-state index is 1.09. The standard InChI is InChI=1S/C20H38/c1-3-5-6-7-8-10-18-12-14-19-15-17(9-4-2)11-13-20(19)16-18/h17-20H,3-16H2,1-2H3. The molecule has 0 aromatic carbocycles. The Morgan fingerprint density at radius 3 is 1.80 bits per heavy atom. The van der Waals surface area contributed by atoms with Gasteiger partial charge in [-0.3, -0.25) is 0 Å². The van der Waals surface area contributed by atoms with Gasteiger partial charge in [0.1, 0.15) is 0 Å².